The second-order valence-corrected chi connectivity index (χ2v) is 6.05. The number of hydrogen-bond acceptors (Lipinski definition) is 5. The lowest BCUT2D eigenvalue weighted by atomic mass is 10.1. The molecule has 8 heteroatoms. The molecule has 1 saturated carbocycles. The molecule has 3 rings (SSSR count). The van der Waals surface area contributed by atoms with Crippen LogP contribution in [0.2, 0.25) is 0 Å². The molecule has 0 unspecified atom stereocenters. The Morgan fingerprint density at radius 2 is 2.19 bits per heavy atom. The quantitative estimate of drug-likeness (QED) is 0.885. The molecule has 1 amide bonds. The predicted molar refractivity (Wildman–Crippen MR) is 78.5 cm³/mol. The van der Waals surface area contributed by atoms with Crippen molar-refractivity contribution in [2.75, 3.05) is 6.54 Å². The van der Waals surface area contributed by atoms with E-state index >= 15 is 0 Å². The Hall–Kier alpha value is -1.96. The minimum atomic E-state index is -0.285. The molecule has 2 heterocycles. The van der Waals surface area contributed by atoms with Gasteiger partial charge in [0.15, 0.2) is 0 Å². The Labute approximate surface area is 125 Å². The van der Waals surface area contributed by atoms with Crippen molar-refractivity contribution in [2.24, 2.45) is 5.92 Å². The van der Waals surface area contributed by atoms with Crippen LogP contribution in [0.25, 0.3) is 5.00 Å². The topological polar surface area (TPSA) is 81.8 Å². The van der Waals surface area contributed by atoms with Crippen LogP contribution in [-0.4, -0.2) is 32.2 Å². The molecule has 1 N–H and O–H groups in total. The van der Waals surface area contributed by atoms with Crippen molar-refractivity contribution in [3.8, 4) is 5.00 Å². The van der Waals surface area contributed by atoms with E-state index in [1.807, 2.05) is 17.5 Å². The number of tetrazole rings is 1. The third-order valence-corrected chi connectivity index (χ3v) is 4.55. The van der Waals surface area contributed by atoms with E-state index < -0.39 is 0 Å². The first-order chi connectivity index (χ1) is 10.3. The van der Waals surface area contributed by atoms with E-state index in [1.54, 1.807) is 0 Å². The summed E-state index contributed by atoms with van der Waals surface area (Å²) < 4.78 is 2.54. The first-order valence-electron chi connectivity index (χ1n) is 7.10. The van der Waals surface area contributed by atoms with E-state index in [0.717, 1.165) is 30.7 Å². The number of nitrogens with one attached hydrogen (secondary N) is 1. The summed E-state index contributed by atoms with van der Waals surface area (Å²) in [5.41, 5.74) is -0.285. The molecular weight excluding hydrogens is 290 g/mol. The average molecular weight is 307 g/mol. The van der Waals surface area contributed by atoms with Gasteiger partial charge in [-0.25, -0.2) is 4.79 Å². The highest BCUT2D eigenvalue weighted by Gasteiger charge is 2.22. The fraction of sp³-hybridized carbons (Fsp3) is 0.538. The van der Waals surface area contributed by atoms with Gasteiger partial charge in [-0.05, 0) is 40.8 Å². The van der Waals surface area contributed by atoms with Crippen LogP contribution < -0.4 is 11.0 Å². The van der Waals surface area contributed by atoms with E-state index in [9.17, 15) is 9.59 Å². The molecule has 21 heavy (non-hydrogen) atoms. The van der Waals surface area contributed by atoms with Crippen molar-refractivity contribution in [2.45, 2.75) is 32.2 Å². The number of aromatic nitrogens is 4. The maximum absolute atomic E-state index is 12.1. The monoisotopic (exact) mass is 307 g/mol. The number of amides is 1. The maximum atomic E-state index is 12.1. The summed E-state index contributed by atoms with van der Waals surface area (Å²) in [7, 11) is 0. The van der Waals surface area contributed by atoms with Crippen molar-refractivity contribution >= 4 is 17.2 Å². The summed E-state index contributed by atoms with van der Waals surface area (Å²) >= 11 is 1.43. The van der Waals surface area contributed by atoms with Gasteiger partial charge in [-0.2, -0.15) is 9.36 Å². The van der Waals surface area contributed by atoms with Gasteiger partial charge in [0.25, 0.3) is 0 Å². The van der Waals surface area contributed by atoms with Crippen LogP contribution in [0.4, 0.5) is 0 Å². The van der Waals surface area contributed by atoms with E-state index in [-0.39, 0.29) is 17.5 Å². The maximum Gasteiger partial charge on any atom is 0.369 e. The molecule has 1 aliphatic carbocycles. The third kappa shape index (κ3) is 3.05. The van der Waals surface area contributed by atoms with Crippen molar-refractivity contribution in [3.63, 3.8) is 0 Å². The van der Waals surface area contributed by atoms with E-state index in [2.05, 4.69) is 15.7 Å². The molecule has 2 aromatic heterocycles. The number of carbonyl (C=O) groups excluding carboxylic acids is 1. The lowest BCUT2D eigenvalue weighted by molar-refractivity contribution is -0.124. The molecule has 112 valence electrons. The van der Waals surface area contributed by atoms with Crippen LogP contribution >= 0.6 is 11.3 Å². The molecule has 0 spiro atoms. The lowest BCUT2D eigenvalue weighted by Crippen LogP contribution is -2.34. The third-order valence-electron chi connectivity index (χ3n) is 3.70. The second kappa shape index (κ2) is 6.21. The van der Waals surface area contributed by atoms with E-state index in [1.165, 1.54) is 20.7 Å². The van der Waals surface area contributed by atoms with Gasteiger partial charge >= 0.3 is 5.69 Å². The summed E-state index contributed by atoms with van der Waals surface area (Å²) in [5.74, 6) is 0.231. The van der Waals surface area contributed by atoms with Gasteiger partial charge in [-0.3, -0.25) is 4.79 Å². The Morgan fingerprint density at radius 1 is 1.38 bits per heavy atom. The molecule has 0 saturated heterocycles. The first kappa shape index (κ1) is 14.0. The van der Waals surface area contributed by atoms with Crippen LogP contribution in [0.1, 0.15) is 25.7 Å². The van der Waals surface area contributed by atoms with Crippen molar-refractivity contribution in [1.82, 2.24) is 25.1 Å². The molecular formula is C13H17N5O2S. The summed E-state index contributed by atoms with van der Waals surface area (Å²) in [6.45, 7) is 0.737. The fourth-order valence-electron chi connectivity index (χ4n) is 2.56. The second-order valence-electron chi connectivity index (χ2n) is 5.12. The Kier molecular flexibility index (Phi) is 4.14. The summed E-state index contributed by atoms with van der Waals surface area (Å²) in [4.78, 5) is 24.0. The van der Waals surface area contributed by atoms with Gasteiger partial charge < -0.3 is 5.32 Å². The smallest absolute Gasteiger partial charge is 0.354 e. The normalized spacial score (nSPS) is 15.4. The summed E-state index contributed by atoms with van der Waals surface area (Å²) in [6.07, 6.45) is 4.21. The molecule has 1 aliphatic rings. The fourth-order valence-corrected chi connectivity index (χ4v) is 3.23. The highest BCUT2D eigenvalue weighted by molar-refractivity contribution is 7.12. The molecule has 7 nitrogen and oxygen atoms in total. The number of nitrogens with zero attached hydrogens (tertiary/aromatic N) is 4. The largest absolute Gasteiger partial charge is 0.369 e. The van der Waals surface area contributed by atoms with Crippen LogP contribution in [-0.2, 0) is 11.3 Å². The summed E-state index contributed by atoms with van der Waals surface area (Å²) in [5, 5.41) is 13.2. The Bertz CT molecular complexity index is 654. The minimum Gasteiger partial charge on any atom is -0.354 e. The summed E-state index contributed by atoms with van der Waals surface area (Å²) in [6, 6.07) is 3.67. The predicted octanol–water partition coefficient (Wildman–Crippen LogP) is 0.797. The number of carbonyl (C=O) groups is 1. The molecule has 0 atom stereocenters. The highest BCUT2D eigenvalue weighted by Crippen LogP contribution is 2.24. The van der Waals surface area contributed by atoms with E-state index in [0.29, 0.717) is 13.1 Å². The lowest BCUT2D eigenvalue weighted by Gasteiger charge is -2.09. The van der Waals surface area contributed by atoms with Crippen LogP contribution in [0, 0.1) is 5.92 Å². The zero-order valence-corrected chi connectivity index (χ0v) is 12.4. The molecule has 2 aromatic rings. The molecule has 0 aromatic carbocycles. The van der Waals surface area contributed by atoms with Crippen molar-refractivity contribution in [3.05, 3.63) is 28.0 Å². The molecule has 0 aliphatic heterocycles. The molecule has 0 bridgehead atoms. The van der Waals surface area contributed by atoms with Gasteiger partial charge in [0.2, 0.25) is 5.91 Å². The molecule has 0 radical (unpaired) electrons. The van der Waals surface area contributed by atoms with Gasteiger partial charge in [0.05, 0.1) is 6.54 Å². The standard InChI is InChI=1S/C13H17N5O2S/c19-12(10-4-1-2-5-10)14-7-8-17-13(20)18(16-15-17)11-6-3-9-21-11/h3,6,9-10H,1-2,4-5,7-8H2,(H,14,19). The van der Waals surface area contributed by atoms with Crippen LogP contribution in [0.5, 0.6) is 0 Å². The molecule has 1 fully saturated rings. The number of hydrogen-bond donors (Lipinski definition) is 1. The highest BCUT2D eigenvalue weighted by atomic mass is 32.1. The van der Waals surface area contributed by atoms with Crippen LogP contribution in [0.15, 0.2) is 22.3 Å². The average Bonchev–Trinajstić information content (AvgIpc) is 3.20. The van der Waals surface area contributed by atoms with Gasteiger partial charge in [0, 0.05) is 12.5 Å². The first-order valence-corrected chi connectivity index (χ1v) is 7.98. The van der Waals surface area contributed by atoms with E-state index in [4.69, 9.17) is 0 Å². The van der Waals surface area contributed by atoms with Gasteiger partial charge in [-0.1, -0.05) is 12.8 Å². The zero-order chi connectivity index (χ0) is 14.7. The Balaban J connectivity index is 1.56. The minimum absolute atomic E-state index is 0.0891. The van der Waals surface area contributed by atoms with Crippen molar-refractivity contribution in [1.29, 1.82) is 0 Å². The zero-order valence-electron chi connectivity index (χ0n) is 11.6. The van der Waals surface area contributed by atoms with Gasteiger partial charge in [0.1, 0.15) is 5.00 Å². The van der Waals surface area contributed by atoms with Crippen molar-refractivity contribution < 1.29 is 4.79 Å². The van der Waals surface area contributed by atoms with Gasteiger partial charge in [-0.15, -0.1) is 11.3 Å². The number of thiophene rings is 1. The Morgan fingerprint density at radius 3 is 2.90 bits per heavy atom. The SMILES string of the molecule is O=C(NCCn1nnn(-c2cccs2)c1=O)C1CCCC1. The number of rotatable bonds is 5. The van der Waals surface area contributed by atoms with Crippen LogP contribution in [0.3, 0.4) is 0 Å².